The largest absolute Gasteiger partial charge is 0.481 e. The van der Waals surface area contributed by atoms with Gasteiger partial charge in [-0.25, -0.2) is 15.8 Å². The highest BCUT2D eigenvalue weighted by Gasteiger charge is 2.09. The molecule has 4 N–H and O–H groups in total. The molecule has 1 amide bonds. The number of aryl methyl sites for hydroxylation is 1. The second-order valence-corrected chi connectivity index (χ2v) is 4.07. The molecule has 0 aliphatic rings. The van der Waals surface area contributed by atoms with Gasteiger partial charge in [-0.2, -0.15) is 0 Å². The van der Waals surface area contributed by atoms with Crippen molar-refractivity contribution < 1.29 is 9.53 Å². The number of anilines is 2. The van der Waals surface area contributed by atoms with Gasteiger partial charge in [-0.3, -0.25) is 4.79 Å². The lowest BCUT2D eigenvalue weighted by molar-refractivity contribution is 0.102. The first-order valence-corrected chi connectivity index (χ1v) is 5.89. The lowest BCUT2D eigenvalue weighted by Gasteiger charge is -2.08. The molecule has 7 heteroatoms. The van der Waals surface area contributed by atoms with Crippen LogP contribution in [0.1, 0.15) is 16.1 Å². The molecule has 0 saturated carbocycles. The number of aromatic nitrogens is 2. The third-order valence-corrected chi connectivity index (χ3v) is 2.57. The van der Waals surface area contributed by atoms with Gasteiger partial charge < -0.3 is 15.5 Å². The van der Waals surface area contributed by atoms with E-state index >= 15 is 0 Å². The SMILES string of the molecule is COc1ccc(NC(=O)c2cc(C)nc(NN)c2)cn1. The Morgan fingerprint density at radius 3 is 2.75 bits per heavy atom. The molecule has 2 aromatic rings. The third-order valence-electron chi connectivity index (χ3n) is 2.57. The topological polar surface area (TPSA) is 102 Å². The van der Waals surface area contributed by atoms with E-state index in [0.717, 1.165) is 0 Å². The lowest BCUT2D eigenvalue weighted by atomic mass is 10.2. The van der Waals surface area contributed by atoms with Gasteiger partial charge in [0.15, 0.2) is 0 Å². The molecule has 2 rings (SSSR count). The standard InChI is InChI=1S/C13H15N5O2/c1-8-5-9(6-11(16-8)18-14)13(19)17-10-3-4-12(20-2)15-7-10/h3-7H,14H2,1-2H3,(H,16,18)(H,17,19). The summed E-state index contributed by atoms with van der Waals surface area (Å²) in [6, 6.07) is 6.62. The number of hydrogen-bond donors (Lipinski definition) is 3. The van der Waals surface area contributed by atoms with Gasteiger partial charge >= 0.3 is 0 Å². The maximum Gasteiger partial charge on any atom is 0.255 e. The van der Waals surface area contributed by atoms with Gasteiger partial charge in [0.1, 0.15) is 5.82 Å². The van der Waals surface area contributed by atoms with Crippen molar-refractivity contribution >= 4 is 17.4 Å². The Labute approximate surface area is 116 Å². The summed E-state index contributed by atoms with van der Waals surface area (Å²) in [5, 5.41) is 2.73. The molecule has 20 heavy (non-hydrogen) atoms. The Balaban J connectivity index is 2.16. The first-order valence-electron chi connectivity index (χ1n) is 5.89. The maximum absolute atomic E-state index is 12.1. The Morgan fingerprint density at radius 1 is 1.35 bits per heavy atom. The van der Waals surface area contributed by atoms with Crippen molar-refractivity contribution in [1.29, 1.82) is 0 Å². The van der Waals surface area contributed by atoms with Gasteiger partial charge in [0, 0.05) is 17.3 Å². The summed E-state index contributed by atoms with van der Waals surface area (Å²) in [6.45, 7) is 1.78. The van der Waals surface area contributed by atoms with Crippen molar-refractivity contribution in [3.63, 3.8) is 0 Å². The summed E-state index contributed by atoms with van der Waals surface area (Å²) in [5.74, 6) is 5.96. The second kappa shape index (κ2) is 5.98. The molecule has 0 saturated heterocycles. The van der Waals surface area contributed by atoms with Gasteiger partial charge in [-0.1, -0.05) is 0 Å². The second-order valence-electron chi connectivity index (χ2n) is 4.07. The number of rotatable bonds is 4. The first-order chi connectivity index (χ1) is 9.62. The summed E-state index contributed by atoms with van der Waals surface area (Å²) >= 11 is 0. The molecule has 0 radical (unpaired) electrons. The summed E-state index contributed by atoms with van der Waals surface area (Å²) in [6.07, 6.45) is 1.52. The minimum atomic E-state index is -0.265. The quantitative estimate of drug-likeness (QED) is 0.573. The van der Waals surface area contributed by atoms with Crippen LogP contribution in [0.15, 0.2) is 30.5 Å². The van der Waals surface area contributed by atoms with Gasteiger partial charge in [0.25, 0.3) is 5.91 Å². The number of methoxy groups -OCH3 is 1. The zero-order valence-electron chi connectivity index (χ0n) is 11.2. The highest BCUT2D eigenvalue weighted by molar-refractivity contribution is 6.04. The molecule has 0 aromatic carbocycles. The normalized spacial score (nSPS) is 9.95. The fraction of sp³-hybridized carbons (Fsp3) is 0.154. The van der Waals surface area contributed by atoms with Crippen molar-refractivity contribution in [2.45, 2.75) is 6.92 Å². The van der Waals surface area contributed by atoms with Crippen LogP contribution < -0.4 is 21.3 Å². The molecule has 0 spiro atoms. The summed E-state index contributed by atoms with van der Waals surface area (Å²) in [4.78, 5) is 20.3. The van der Waals surface area contributed by atoms with Gasteiger partial charge in [0.2, 0.25) is 5.88 Å². The van der Waals surface area contributed by atoms with Crippen molar-refractivity contribution in [1.82, 2.24) is 9.97 Å². The Kier molecular flexibility index (Phi) is 4.11. The fourth-order valence-electron chi connectivity index (χ4n) is 1.65. The van der Waals surface area contributed by atoms with E-state index in [2.05, 4.69) is 20.7 Å². The van der Waals surface area contributed by atoms with E-state index in [1.807, 2.05) is 0 Å². The molecule has 104 valence electrons. The number of carbonyl (C=O) groups is 1. The van der Waals surface area contributed by atoms with E-state index in [1.165, 1.54) is 13.3 Å². The van der Waals surface area contributed by atoms with Crippen molar-refractivity contribution in [2.75, 3.05) is 17.9 Å². The van der Waals surface area contributed by atoms with Crippen LogP contribution in [0, 0.1) is 6.92 Å². The minimum absolute atomic E-state index is 0.265. The number of nitrogens with one attached hydrogen (secondary N) is 2. The number of hydrazine groups is 1. The number of amides is 1. The molecular formula is C13H15N5O2. The van der Waals surface area contributed by atoms with Crippen LogP contribution in [0.5, 0.6) is 5.88 Å². The van der Waals surface area contributed by atoms with Crippen molar-refractivity contribution in [3.05, 3.63) is 41.7 Å². The van der Waals surface area contributed by atoms with Gasteiger partial charge in [-0.15, -0.1) is 0 Å². The number of nitrogens with two attached hydrogens (primary N) is 1. The Bertz CT molecular complexity index is 613. The molecule has 0 aliphatic carbocycles. The van der Waals surface area contributed by atoms with Crippen molar-refractivity contribution in [2.24, 2.45) is 5.84 Å². The lowest BCUT2D eigenvalue weighted by Crippen LogP contribution is -2.15. The zero-order chi connectivity index (χ0) is 14.5. The van der Waals surface area contributed by atoms with Crippen LogP contribution in [-0.2, 0) is 0 Å². The van der Waals surface area contributed by atoms with Crippen LogP contribution in [0.25, 0.3) is 0 Å². The third kappa shape index (κ3) is 3.21. The number of carbonyl (C=O) groups excluding carboxylic acids is 1. The van der Waals surface area contributed by atoms with E-state index in [0.29, 0.717) is 28.6 Å². The fourth-order valence-corrected chi connectivity index (χ4v) is 1.65. The number of nitrogens with zero attached hydrogens (tertiary/aromatic N) is 2. The Morgan fingerprint density at radius 2 is 2.15 bits per heavy atom. The summed E-state index contributed by atoms with van der Waals surface area (Å²) in [5.41, 5.74) is 4.15. The molecule has 0 aliphatic heterocycles. The average molecular weight is 273 g/mol. The number of nitrogen functional groups attached to an aromatic ring is 1. The first kappa shape index (κ1) is 13.8. The highest BCUT2D eigenvalue weighted by atomic mass is 16.5. The van der Waals surface area contributed by atoms with Crippen LogP contribution in [-0.4, -0.2) is 23.0 Å². The van der Waals surface area contributed by atoms with E-state index in [-0.39, 0.29) is 5.91 Å². The van der Waals surface area contributed by atoms with Crippen LogP contribution >= 0.6 is 0 Å². The predicted molar refractivity (Wildman–Crippen MR) is 75.5 cm³/mol. The van der Waals surface area contributed by atoms with E-state index in [1.54, 1.807) is 31.2 Å². The van der Waals surface area contributed by atoms with Gasteiger partial charge in [0.05, 0.1) is 19.0 Å². The van der Waals surface area contributed by atoms with E-state index in [4.69, 9.17) is 10.6 Å². The van der Waals surface area contributed by atoms with Gasteiger partial charge in [-0.05, 0) is 25.1 Å². The molecule has 0 fully saturated rings. The zero-order valence-corrected chi connectivity index (χ0v) is 11.2. The Hall–Kier alpha value is -2.67. The van der Waals surface area contributed by atoms with Crippen LogP contribution in [0.2, 0.25) is 0 Å². The van der Waals surface area contributed by atoms with E-state index < -0.39 is 0 Å². The monoisotopic (exact) mass is 273 g/mol. The molecule has 0 atom stereocenters. The molecule has 0 unspecified atom stereocenters. The molecular weight excluding hydrogens is 258 g/mol. The molecule has 0 bridgehead atoms. The number of hydrogen-bond acceptors (Lipinski definition) is 6. The number of ether oxygens (including phenoxy) is 1. The maximum atomic E-state index is 12.1. The summed E-state index contributed by atoms with van der Waals surface area (Å²) in [7, 11) is 1.53. The molecule has 7 nitrogen and oxygen atoms in total. The van der Waals surface area contributed by atoms with Crippen molar-refractivity contribution in [3.8, 4) is 5.88 Å². The van der Waals surface area contributed by atoms with Crippen LogP contribution in [0.3, 0.4) is 0 Å². The predicted octanol–water partition coefficient (Wildman–Crippen LogP) is 1.33. The molecule has 2 aromatic heterocycles. The average Bonchev–Trinajstić information content (AvgIpc) is 2.47. The van der Waals surface area contributed by atoms with Crippen LogP contribution in [0.4, 0.5) is 11.5 Å². The minimum Gasteiger partial charge on any atom is -0.481 e. The molecule has 2 heterocycles. The summed E-state index contributed by atoms with van der Waals surface area (Å²) < 4.78 is 4.95. The van der Waals surface area contributed by atoms with E-state index in [9.17, 15) is 4.79 Å². The number of pyridine rings is 2. The smallest absolute Gasteiger partial charge is 0.255 e. The highest BCUT2D eigenvalue weighted by Crippen LogP contribution is 2.14.